The molecule has 0 aliphatic heterocycles. The van der Waals surface area contributed by atoms with Gasteiger partial charge in [0.15, 0.2) is 0 Å². The minimum absolute atomic E-state index is 0.187. The number of hydrogen-bond donors (Lipinski definition) is 0. The van der Waals surface area contributed by atoms with Gasteiger partial charge in [-0.25, -0.2) is 0 Å². The van der Waals surface area contributed by atoms with Crippen LogP contribution in [-0.2, 0) is 5.41 Å². The smallest absolute Gasteiger partial charge is 0.00146 e. The summed E-state index contributed by atoms with van der Waals surface area (Å²) in [6, 6.07) is 11.6. The van der Waals surface area contributed by atoms with Crippen molar-refractivity contribution >= 4 is 11.3 Å². The van der Waals surface area contributed by atoms with Gasteiger partial charge in [-0.1, -0.05) is 32.9 Å². The van der Waals surface area contributed by atoms with Crippen LogP contribution in [0.4, 0.5) is 0 Å². The molecule has 0 unspecified atom stereocenters. The quantitative estimate of drug-likeness (QED) is 0.656. The molecule has 77 valence electrons. The van der Waals surface area contributed by atoms with Gasteiger partial charge in [-0.05, 0) is 51.1 Å². The second-order valence-corrected chi connectivity index (χ2v) is 5.51. The van der Waals surface area contributed by atoms with E-state index in [1.165, 1.54) is 16.7 Å². The van der Waals surface area contributed by atoms with Crippen LogP contribution in [-0.4, -0.2) is 0 Å². The van der Waals surface area contributed by atoms with Gasteiger partial charge in [-0.2, -0.15) is 11.3 Å². The molecule has 2 aromatic rings. The molecule has 1 heteroatoms. The van der Waals surface area contributed by atoms with Crippen molar-refractivity contribution in [2.75, 3.05) is 0 Å². The standard InChI is InChI=1S/C14H15S/c1-14(2,3)13-7-5-4-6-12(13)11-8-9-15-10-11/h5-10H,1-3H3. The molecule has 0 N–H and O–H groups in total. The molecule has 0 fully saturated rings. The Bertz CT molecular complexity index is 433. The minimum atomic E-state index is 0.187. The first-order valence-corrected chi connectivity index (χ1v) is 6.06. The zero-order valence-electron chi connectivity index (χ0n) is 9.37. The summed E-state index contributed by atoms with van der Waals surface area (Å²) in [5.74, 6) is 0. The number of hydrogen-bond acceptors (Lipinski definition) is 1. The van der Waals surface area contributed by atoms with E-state index in [0.29, 0.717) is 0 Å². The molecule has 0 atom stereocenters. The lowest BCUT2D eigenvalue weighted by atomic mass is 9.82. The summed E-state index contributed by atoms with van der Waals surface area (Å²) in [4.78, 5) is 0. The van der Waals surface area contributed by atoms with Crippen molar-refractivity contribution in [2.45, 2.75) is 26.2 Å². The Balaban J connectivity index is 2.58. The van der Waals surface area contributed by atoms with E-state index >= 15 is 0 Å². The van der Waals surface area contributed by atoms with E-state index in [1.54, 1.807) is 11.3 Å². The van der Waals surface area contributed by atoms with E-state index < -0.39 is 0 Å². The topological polar surface area (TPSA) is 0 Å². The van der Waals surface area contributed by atoms with Gasteiger partial charge in [0.1, 0.15) is 0 Å². The maximum Gasteiger partial charge on any atom is -0.00146 e. The molecule has 0 amide bonds. The zero-order valence-corrected chi connectivity index (χ0v) is 10.2. The molecule has 0 saturated carbocycles. The van der Waals surface area contributed by atoms with Gasteiger partial charge >= 0.3 is 0 Å². The number of rotatable bonds is 1. The zero-order chi connectivity index (χ0) is 10.9. The summed E-state index contributed by atoms with van der Waals surface area (Å²) < 4.78 is 0. The molecule has 15 heavy (non-hydrogen) atoms. The molecule has 2 rings (SSSR count). The van der Waals surface area contributed by atoms with Crippen molar-refractivity contribution in [3.63, 3.8) is 0 Å². The minimum Gasteiger partial charge on any atom is -0.152 e. The van der Waals surface area contributed by atoms with Gasteiger partial charge < -0.3 is 0 Å². The Labute approximate surface area is 95.6 Å². The monoisotopic (exact) mass is 215 g/mol. The highest BCUT2D eigenvalue weighted by Crippen LogP contribution is 2.33. The molecular weight excluding hydrogens is 200 g/mol. The van der Waals surface area contributed by atoms with Crippen molar-refractivity contribution in [3.05, 3.63) is 46.7 Å². The third-order valence-corrected chi connectivity index (χ3v) is 3.19. The Morgan fingerprint density at radius 3 is 2.60 bits per heavy atom. The molecule has 0 nitrogen and oxygen atoms in total. The van der Waals surface area contributed by atoms with Gasteiger partial charge in [0.2, 0.25) is 0 Å². The lowest BCUT2D eigenvalue weighted by molar-refractivity contribution is 0.592. The highest BCUT2D eigenvalue weighted by atomic mass is 32.1. The SMILES string of the molecule is CC(C)(C)c1cc[c]cc1-c1ccsc1. The second-order valence-electron chi connectivity index (χ2n) is 4.73. The van der Waals surface area contributed by atoms with E-state index in [1.807, 2.05) is 6.07 Å². The lowest BCUT2D eigenvalue weighted by Gasteiger charge is -2.22. The fourth-order valence-electron chi connectivity index (χ4n) is 1.74. The largest absolute Gasteiger partial charge is 0.152 e. The van der Waals surface area contributed by atoms with E-state index in [2.05, 4.69) is 55.8 Å². The number of thiophene rings is 1. The van der Waals surface area contributed by atoms with E-state index in [9.17, 15) is 0 Å². The molecule has 0 bridgehead atoms. The molecular formula is C14H15S. The van der Waals surface area contributed by atoms with Gasteiger partial charge in [0, 0.05) is 0 Å². The maximum atomic E-state index is 3.17. The Morgan fingerprint density at radius 1 is 1.20 bits per heavy atom. The fraction of sp³-hybridized carbons (Fsp3) is 0.286. The summed E-state index contributed by atoms with van der Waals surface area (Å²) in [7, 11) is 0. The molecule has 0 aliphatic carbocycles. The van der Waals surface area contributed by atoms with Gasteiger partial charge in [0.05, 0.1) is 0 Å². The summed E-state index contributed by atoms with van der Waals surface area (Å²) in [5.41, 5.74) is 4.19. The Morgan fingerprint density at radius 2 is 2.00 bits per heavy atom. The molecule has 0 aliphatic rings. The van der Waals surface area contributed by atoms with Gasteiger partial charge in [0.25, 0.3) is 0 Å². The molecule has 1 heterocycles. The first kappa shape index (κ1) is 10.4. The van der Waals surface area contributed by atoms with Crippen LogP contribution in [0, 0.1) is 6.07 Å². The van der Waals surface area contributed by atoms with Gasteiger partial charge in [-0.3, -0.25) is 0 Å². The summed E-state index contributed by atoms with van der Waals surface area (Å²) in [6.07, 6.45) is 0. The third kappa shape index (κ3) is 2.13. The van der Waals surface area contributed by atoms with Crippen LogP contribution in [0.25, 0.3) is 11.1 Å². The van der Waals surface area contributed by atoms with Crippen LogP contribution in [0.15, 0.2) is 35.0 Å². The average molecular weight is 215 g/mol. The summed E-state index contributed by atoms with van der Waals surface area (Å²) in [6.45, 7) is 6.74. The third-order valence-electron chi connectivity index (χ3n) is 2.50. The van der Waals surface area contributed by atoms with Crippen LogP contribution in [0.5, 0.6) is 0 Å². The van der Waals surface area contributed by atoms with Crippen molar-refractivity contribution in [1.29, 1.82) is 0 Å². The molecule has 0 saturated heterocycles. The van der Waals surface area contributed by atoms with Crippen LogP contribution < -0.4 is 0 Å². The van der Waals surface area contributed by atoms with Crippen LogP contribution in [0.1, 0.15) is 26.3 Å². The molecule has 0 spiro atoms. The summed E-state index contributed by atoms with van der Waals surface area (Å²) >= 11 is 1.74. The average Bonchev–Trinajstić information content (AvgIpc) is 2.69. The van der Waals surface area contributed by atoms with Crippen molar-refractivity contribution in [1.82, 2.24) is 0 Å². The van der Waals surface area contributed by atoms with Crippen LogP contribution in [0.3, 0.4) is 0 Å². The molecule has 1 aromatic heterocycles. The van der Waals surface area contributed by atoms with Crippen molar-refractivity contribution < 1.29 is 0 Å². The molecule has 1 aromatic carbocycles. The van der Waals surface area contributed by atoms with Crippen LogP contribution >= 0.6 is 11.3 Å². The highest BCUT2D eigenvalue weighted by molar-refractivity contribution is 7.08. The lowest BCUT2D eigenvalue weighted by Crippen LogP contribution is -2.12. The fourth-order valence-corrected chi connectivity index (χ4v) is 2.40. The first-order chi connectivity index (χ1) is 7.09. The maximum absolute atomic E-state index is 3.17. The predicted molar refractivity (Wildman–Crippen MR) is 67.3 cm³/mol. The van der Waals surface area contributed by atoms with Gasteiger partial charge in [-0.15, -0.1) is 0 Å². The Kier molecular flexibility index (Phi) is 2.66. The Hall–Kier alpha value is -1.08. The van der Waals surface area contributed by atoms with E-state index in [0.717, 1.165) is 0 Å². The summed E-state index contributed by atoms with van der Waals surface area (Å²) in [5, 5.41) is 4.31. The van der Waals surface area contributed by atoms with Crippen molar-refractivity contribution in [3.8, 4) is 11.1 Å². The normalized spacial score (nSPS) is 11.7. The highest BCUT2D eigenvalue weighted by Gasteiger charge is 2.17. The predicted octanol–water partition coefficient (Wildman–Crippen LogP) is 4.51. The van der Waals surface area contributed by atoms with E-state index in [-0.39, 0.29) is 5.41 Å². The first-order valence-electron chi connectivity index (χ1n) is 5.12. The van der Waals surface area contributed by atoms with E-state index in [4.69, 9.17) is 0 Å². The number of benzene rings is 1. The van der Waals surface area contributed by atoms with Crippen LogP contribution in [0.2, 0.25) is 0 Å². The second kappa shape index (κ2) is 3.82. The molecule has 1 radical (unpaired) electrons. The van der Waals surface area contributed by atoms with Crippen molar-refractivity contribution in [2.24, 2.45) is 0 Å².